The highest BCUT2D eigenvalue weighted by Crippen LogP contribution is 2.17. The van der Waals surface area contributed by atoms with Crippen LogP contribution in [0.3, 0.4) is 0 Å². The largest absolute Gasteiger partial charge is 0.480 e. The van der Waals surface area contributed by atoms with Gasteiger partial charge in [-0.1, -0.05) is 6.92 Å². The van der Waals surface area contributed by atoms with Crippen molar-refractivity contribution in [2.45, 2.75) is 46.6 Å². The fourth-order valence-corrected chi connectivity index (χ4v) is 1.71. The summed E-state index contributed by atoms with van der Waals surface area (Å²) >= 11 is 0. The van der Waals surface area contributed by atoms with Crippen LogP contribution in [0.5, 0.6) is 0 Å². The van der Waals surface area contributed by atoms with Crippen LogP contribution in [0.2, 0.25) is 0 Å². The van der Waals surface area contributed by atoms with Crippen LogP contribution in [-0.2, 0) is 4.79 Å². The molecule has 2 amide bonds. The van der Waals surface area contributed by atoms with Gasteiger partial charge < -0.3 is 14.9 Å². The first kappa shape index (κ1) is 15.7. The zero-order valence-electron chi connectivity index (χ0n) is 11.5. The molecule has 0 saturated carbocycles. The molecule has 0 atom stereocenters. The van der Waals surface area contributed by atoms with Crippen LogP contribution in [-0.4, -0.2) is 52.1 Å². The summed E-state index contributed by atoms with van der Waals surface area (Å²) in [6.07, 6.45) is 0.866. The van der Waals surface area contributed by atoms with Gasteiger partial charge in [0.25, 0.3) is 0 Å². The van der Waals surface area contributed by atoms with Crippen molar-refractivity contribution in [1.29, 1.82) is 0 Å². The van der Waals surface area contributed by atoms with Crippen molar-refractivity contribution in [3.63, 3.8) is 0 Å². The predicted molar refractivity (Wildman–Crippen MR) is 67.0 cm³/mol. The van der Waals surface area contributed by atoms with Crippen molar-refractivity contribution >= 4 is 12.0 Å². The van der Waals surface area contributed by atoms with Crippen LogP contribution >= 0.6 is 0 Å². The number of urea groups is 1. The third-order valence-electron chi connectivity index (χ3n) is 2.89. The van der Waals surface area contributed by atoms with E-state index in [1.165, 1.54) is 4.90 Å². The maximum atomic E-state index is 12.2. The van der Waals surface area contributed by atoms with Gasteiger partial charge in [-0.25, -0.2) is 9.59 Å². The van der Waals surface area contributed by atoms with Gasteiger partial charge in [-0.05, 0) is 34.1 Å². The molecule has 5 nitrogen and oxygen atoms in total. The second-order valence-corrected chi connectivity index (χ2v) is 4.47. The normalized spacial score (nSPS) is 11.1. The number of carbonyl (C=O) groups is 2. The van der Waals surface area contributed by atoms with E-state index in [0.29, 0.717) is 19.6 Å². The summed E-state index contributed by atoms with van der Waals surface area (Å²) in [6, 6.07) is -0.204. The van der Waals surface area contributed by atoms with Crippen LogP contribution in [0.25, 0.3) is 0 Å². The number of rotatable bonds is 6. The van der Waals surface area contributed by atoms with Gasteiger partial charge in [0.05, 0.1) is 0 Å². The van der Waals surface area contributed by atoms with E-state index in [9.17, 15) is 9.59 Å². The molecule has 5 heteroatoms. The lowest BCUT2D eigenvalue weighted by molar-refractivity contribution is -0.147. The molecule has 0 aromatic carbocycles. The van der Waals surface area contributed by atoms with Gasteiger partial charge in [0.2, 0.25) is 0 Å². The van der Waals surface area contributed by atoms with Gasteiger partial charge in [0, 0.05) is 19.6 Å². The molecule has 1 N–H and O–H groups in total. The fraction of sp³-hybridized carbons (Fsp3) is 0.833. The summed E-state index contributed by atoms with van der Waals surface area (Å²) in [5.74, 6) is -0.986. The maximum absolute atomic E-state index is 12.2. The van der Waals surface area contributed by atoms with Crippen LogP contribution < -0.4 is 0 Å². The topological polar surface area (TPSA) is 60.9 Å². The molecule has 0 bridgehead atoms. The van der Waals surface area contributed by atoms with Crippen molar-refractivity contribution in [2.75, 3.05) is 19.6 Å². The molecule has 0 aliphatic carbocycles. The highest BCUT2D eigenvalue weighted by atomic mass is 16.4. The first-order valence-electron chi connectivity index (χ1n) is 6.12. The van der Waals surface area contributed by atoms with Gasteiger partial charge in [0.1, 0.15) is 5.54 Å². The summed E-state index contributed by atoms with van der Waals surface area (Å²) in [4.78, 5) is 26.5. The Labute approximate surface area is 103 Å². The second kappa shape index (κ2) is 6.47. The molecule has 0 aliphatic rings. The molecule has 0 unspecified atom stereocenters. The molecule has 0 spiro atoms. The number of carboxylic acids is 1. The Balaban J connectivity index is 4.99. The van der Waals surface area contributed by atoms with Gasteiger partial charge >= 0.3 is 12.0 Å². The van der Waals surface area contributed by atoms with Gasteiger partial charge in [0.15, 0.2) is 0 Å². The first-order valence-corrected chi connectivity index (χ1v) is 6.12. The lowest BCUT2D eigenvalue weighted by atomic mass is 10.0. The molecule has 0 aromatic rings. The maximum Gasteiger partial charge on any atom is 0.329 e. The van der Waals surface area contributed by atoms with Crippen LogP contribution in [0.4, 0.5) is 4.79 Å². The van der Waals surface area contributed by atoms with Gasteiger partial charge in [-0.2, -0.15) is 0 Å². The smallest absolute Gasteiger partial charge is 0.329 e. The second-order valence-electron chi connectivity index (χ2n) is 4.47. The Morgan fingerprint density at radius 2 is 1.65 bits per heavy atom. The van der Waals surface area contributed by atoms with Crippen molar-refractivity contribution in [3.05, 3.63) is 0 Å². The molecule has 0 saturated heterocycles. The molecule has 17 heavy (non-hydrogen) atoms. The standard InChI is InChI=1S/C12H24N2O3/c1-6-9-13(7-2)11(17)14(8-3)12(4,5)10(15)16/h6-9H2,1-5H3,(H,15,16). The monoisotopic (exact) mass is 244 g/mol. The number of amides is 2. The SMILES string of the molecule is CCCN(CC)C(=O)N(CC)C(C)(C)C(=O)O. The molecule has 0 radical (unpaired) electrons. The zero-order valence-corrected chi connectivity index (χ0v) is 11.5. The number of carboxylic acid groups (broad SMARTS) is 1. The van der Waals surface area contributed by atoms with Gasteiger partial charge in [-0.15, -0.1) is 0 Å². The molecule has 0 heterocycles. The molecular formula is C12H24N2O3. The van der Waals surface area contributed by atoms with E-state index in [-0.39, 0.29) is 6.03 Å². The number of carbonyl (C=O) groups excluding carboxylic acids is 1. The minimum absolute atomic E-state index is 0.204. The Bertz CT molecular complexity index is 277. The Hall–Kier alpha value is -1.26. The third-order valence-corrected chi connectivity index (χ3v) is 2.89. The quantitative estimate of drug-likeness (QED) is 0.777. The minimum Gasteiger partial charge on any atom is -0.480 e. The molecular weight excluding hydrogens is 220 g/mol. The van der Waals surface area contributed by atoms with Crippen molar-refractivity contribution < 1.29 is 14.7 Å². The van der Waals surface area contributed by atoms with E-state index in [4.69, 9.17) is 5.11 Å². The van der Waals surface area contributed by atoms with E-state index < -0.39 is 11.5 Å². The average molecular weight is 244 g/mol. The van der Waals surface area contributed by atoms with Crippen molar-refractivity contribution in [1.82, 2.24) is 9.80 Å². The summed E-state index contributed by atoms with van der Waals surface area (Å²) in [5, 5.41) is 9.16. The lowest BCUT2D eigenvalue weighted by Gasteiger charge is -2.37. The Kier molecular flexibility index (Phi) is 5.99. The van der Waals surface area contributed by atoms with Crippen molar-refractivity contribution in [2.24, 2.45) is 0 Å². The number of aliphatic carboxylic acids is 1. The molecule has 100 valence electrons. The summed E-state index contributed by atoms with van der Waals surface area (Å²) in [5.41, 5.74) is -1.17. The lowest BCUT2D eigenvalue weighted by Crippen LogP contribution is -2.57. The highest BCUT2D eigenvalue weighted by Gasteiger charge is 2.38. The summed E-state index contributed by atoms with van der Waals surface area (Å²) in [6.45, 7) is 10.4. The minimum atomic E-state index is -1.17. The molecule has 0 aliphatic heterocycles. The third kappa shape index (κ3) is 3.61. The summed E-state index contributed by atoms with van der Waals surface area (Å²) < 4.78 is 0. The first-order chi connectivity index (χ1) is 7.82. The van der Waals surface area contributed by atoms with E-state index in [1.54, 1.807) is 25.7 Å². The predicted octanol–water partition coefficient (Wildman–Crippen LogP) is 2.02. The van der Waals surface area contributed by atoms with E-state index in [2.05, 4.69) is 0 Å². The summed E-state index contributed by atoms with van der Waals surface area (Å²) in [7, 11) is 0. The van der Waals surface area contributed by atoms with Gasteiger partial charge in [-0.3, -0.25) is 0 Å². The van der Waals surface area contributed by atoms with Crippen LogP contribution in [0.1, 0.15) is 41.0 Å². The Morgan fingerprint density at radius 3 is 1.94 bits per heavy atom. The van der Waals surface area contributed by atoms with Crippen molar-refractivity contribution in [3.8, 4) is 0 Å². The van der Waals surface area contributed by atoms with Crippen LogP contribution in [0.15, 0.2) is 0 Å². The van der Waals surface area contributed by atoms with Crippen LogP contribution in [0, 0.1) is 0 Å². The molecule has 0 fully saturated rings. The number of nitrogens with zero attached hydrogens (tertiary/aromatic N) is 2. The average Bonchev–Trinajstić information content (AvgIpc) is 2.25. The van der Waals surface area contributed by atoms with E-state index in [0.717, 1.165) is 6.42 Å². The zero-order chi connectivity index (χ0) is 13.6. The molecule has 0 rings (SSSR count). The highest BCUT2D eigenvalue weighted by molar-refractivity contribution is 5.85. The number of likely N-dealkylation sites (N-methyl/N-ethyl adjacent to an activating group) is 1. The molecule has 0 aromatic heterocycles. The number of hydrogen-bond donors (Lipinski definition) is 1. The van der Waals surface area contributed by atoms with E-state index >= 15 is 0 Å². The Morgan fingerprint density at radius 1 is 1.12 bits per heavy atom. The fourth-order valence-electron chi connectivity index (χ4n) is 1.71. The number of hydrogen-bond acceptors (Lipinski definition) is 2. The van der Waals surface area contributed by atoms with E-state index in [1.807, 2.05) is 13.8 Å².